The Morgan fingerprint density at radius 3 is 2.88 bits per heavy atom. The first-order valence-electron chi connectivity index (χ1n) is 9.14. The third kappa shape index (κ3) is 3.14. The summed E-state index contributed by atoms with van der Waals surface area (Å²) in [4.78, 5) is 24.3. The zero-order valence-corrected chi connectivity index (χ0v) is 15.4. The van der Waals surface area contributed by atoms with Crippen LogP contribution in [0.3, 0.4) is 0 Å². The molecule has 26 heavy (non-hydrogen) atoms. The van der Waals surface area contributed by atoms with E-state index < -0.39 is 0 Å². The Labute approximate surface area is 153 Å². The van der Waals surface area contributed by atoms with Gasteiger partial charge in [0, 0.05) is 29.7 Å². The maximum Gasteiger partial charge on any atom is 0.251 e. The summed E-state index contributed by atoms with van der Waals surface area (Å²) in [6.45, 7) is 6.35. The fraction of sp³-hybridized carbons (Fsp3) is 0.429. The largest absolute Gasteiger partial charge is 0.466 e. The second-order valence-electron chi connectivity index (χ2n) is 8.23. The molecular weight excluding hydrogens is 328 g/mol. The van der Waals surface area contributed by atoms with E-state index in [4.69, 9.17) is 4.42 Å². The van der Waals surface area contributed by atoms with Crippen LogP contribution in [0.15, 0.2) is 28.7 Å². The van der Waals surface area contributed by atoms with Gasteiger partial charge in [-0.25, -0.2) is 0 Å². The Morgan fingerprint density at radius 1 is 1.27 bits per heavy atom. The lowest BCUT2D eigenvalue weighted by Gasteiger charge is -2.34. The molecular formula is C21H24N2O3. The molecule has 0 bridgehead atoms. The number of hydrogen-bond donors (Lipinski definition) is 2. The van der Waals surface area contributed by atoms with Gasteiger partial charge >= 0.3 is 0 Å². The molecule has 1 aromatic heterocycles. The number of hydrogen-bond acceptors (Lipinski definition) is 3. The molecule has 0 spiro atoms. The van der Waals surface area contributed by atoms with Crippen molar-refractivity contribution in [2.75, 3.05) is 5.32 Å². The van der Waals surface area contributed by atoms with Crippen LogP contribution in [0.5, 0.6) is 0 Å². The molecule has 2 aliphatic rings. The molecule has 1 aliphatic heterocycles. The van der Waals surface area contributed by atoms with Crippen molar-refractivity contribution in [1.82, 2.24) is 5.32 Å². The highest BCUT2D eigenvalue weighted by atomic mass is 16.3. The van der Waals surface area contributed by atoms with Gasteiger partial charge in [-0.15, -0.1) is 0 Å². The summed E-state index contributed by atoms with van der Waals surface area (Å²) in [7, 11) is 0. The van der Waals surface area contributed by atoms with Crippen LogP contribution >= 0.6 is 0 Å². The number of nitrogens with one attached hydrogen (secondary N) is 2. The lowest BCUT2D eigenvalue weighted by Crippen LogP contribution is -2.36. The van der Waals surface area contributed by atoms with Crippen molar-refractivity contribution in [3.8, 4) is 0 Å². The van der Waals surface area contributed by atoms with Gasteiger partial charge in [0.15, 0.2) is 0 Å². The van der Waals surface area contributed by atoms with Crippen molar-refractivity contribution in [2.24, 2.45) is 5.41 Å². The summed E-state index contributed by atoms with van der Waals surface area (Å²) in [6.07, 6.45) is 2.91. The first-order valence-corrected chi connectivity index (χ1v) is 9.14. The van der Waals surface area contributed by atoms with Gasteiger partial charge in [-0.2, -0.15) is 0 Å². The molecule has 1 atom stereocenters. The van der Waals surface area contributed by atoms with Crippen LogP contribution in [0.4, 0.5) is 5.69 Å². The topological polar surface area (TPSA) is 71.3 Å². The van der Waals surface area contributed by atoms with E-state index in [-0.39, 0.29) is 23.3 Å². The normalized spacial score (nSPS) is 20.7. The van der Waals surface area contributed by atoms with Crippen molar-refractivity contribution in [3.05, 3.63) is 52.5 Å². The van der Waals surface area contributed by atoms with Gasteiger partial charge in [-0.05, 0) is 55.0 Å². The Bertz CT molecular complexity index is 895. The molecule has 0 saturated heterocycles. The number of carbonyl (C=O) groups is 2. The minimum absolute atomic E-state index is 0.0296. The Morgan fingerprint density at radius 2 is 2.08 bits per heavy atom. The Kier molecular flexibility index (Phi) is 3.90. The molecule has 5 heteroatoms. The number of amides is 2. The van der Waals surface area contributed by atoms with E-state index in [0.717, 1.165) is 41.2 Å². The van der Waals surface area contributed by atoms with E-state index in [0.29, 0.717) is 18.4 Å². The number of fused-ring (bicyclic) bond motifs is 2. The zero-order valence-electron chi connectivity index (χ0n) is 15.4. The van der Waals surface area contributed by atoms with Crippen molar-refractivity contribution in [2.45, 2.75) is 52.5 Å². The molecule has 1 aromatic carbocycles. The molecule has 2 amide bonds. The number of carbonyl (C=O) groups excluding carboxylic acids is 2. The van der Waals surface area contributed by atoms with Gasteiger partial charge in [0.2, 0.25) is 5.91 Å². The van der Waals surface area contributed by atoms with Crippen LogP contribution in [0, 0.1) is 12.3 Å². The second kappa shape index (κ2) is 6.01. The Balaban J connectivity index is 1.57. The predicted octanol–water partition coefficient (Wildman–Crippen LogP) is 3.92. The van der Waals surface area contributed by atoms with E-state index in [1.807, 2.05) is 25.1 Å². The summed E-state index contributed by atoms with van der Waals surface area (Å²) in [6, 6.07) is 7.47. The van der Waals surface area contributed by atoms with Crippen molar-refractivity contribution >= 4 is 17.5 Å². The average Bonchev–Trinajstić information content (AvgIpc) is 2.93. The highest BCUT2D eigenvalue weighted by Crippen LogP contribution is 2.42. The van der Waals surface area contributed by atoms with Crippen LogP contribution in [-0.2, 0) is 17.6 Å². The zero-order chi connectivity index (χ0) is 18.5. The number of benzene rings is 1. The molecule has 0 saturated carbocycles. The van der Waals surface area contributed by atoms with Crippen LogP contribution in [0.25, 0.3) is 0 Å². The fourth-order valence-corrected chi connectivity index (χ4v) is 4.08. The lowest BCUT2D eigenvalue weighted by atomic mass is 9.74. The summed E-state index contributed by atoms with van der Waals surface area (Å²) >= 11 is 0. The number of furan rings is 1. The molecule has 136 valence electrons. The molecule has 2 heterocycles. The maximum atomic E-state index is 12.9. The SMILES string of the molecule is Cc1cc2c(o1)CC(C)(C)CC2NC(=O)c1ccc2c(c1)CCC(=O)N2. The van der Waals surface area contributed by atoms with Gasteiger partial charge in [-0.1, -0.05) is 13.8 Å². The molecule has 1 aliphatic carbocycles. The van der Waals surface area contributed by atoms with Crippen LogP contribution < -0.4 is 10.6 Å². The highest BCUT2D eigenvalue weighted by molar-refractivity contribution is 5.98. The third-order valence-electron chi connectivity index (χ3n) is 5.30. The highest BCUT2D eigenvalue weighted by Gasteiger charge is 2.35. The lowest BCUT2D eigenvalue weighted by molar-refractivity contribution is -0.116. The van der Waals surface area contributed by atoms with Gasteiger partial charge in [0.05, 0.1) is 6.04 Å². The van der Waals surface area contributed by atoms with E-state index in [1.54, 1.807) is 6.07 Å². The number of anilines is 1. The van der Waals surface area contributed by atoms with E-state index >= 15 is 0 Å². The molecule has 2 aromatic rings. The Hall–Kier alpha value is -2.56. The number of rotatable bonds is 2. The predicted molar refractivity (Wildman–Crippen MR) is 99.1 cm³/mol. The molecule has 0 radical (unpaired) electrons. The maximum absolute atomic E-state index is 12.9. The smallest absolute Gasteiger partial charge is 0.251 e. The van der Waals surface area contributed by atoms with Crippen molar-refractivity contribution in [1.29, 1.82) is 0 Å². The molecule has 5 nitrogen and oxygen atoms in total. The molecule has 0 fully saturated rings. The van der Waals surface area contributed by atoms with Crippen molar-refractivity contribution in [3.63, 3.8) is 0 Å². The fourth-order valence-electron chi connectivity index (χ4n) is 4.08. The minimum Gasteiger partial charge on any atom is -0.466 e. The van der Waals surface area contributed by atoms with E-state index in [9.17, 15) is 9.59 Å². The molecule has 1 unspecified atom stereocenters. The van der Waals surface area contributed by atoms with E-state index in [2.05, 4.69) is 24.5 Å². The second-order valence-corrected chi connectivity index (χ2v) is 8.23. The third-order valence-corrected chi connectivity index (χ3v) is 5.30. The van der Waals surface area contributed by atoms with Gasteiger partial charge in [0.1, 0.15) is 11.5 Å². The summed E-state index contributed by atoms with van der Waals surface area (Å²) in [5, 5.41) is 6.04. The van der Waals surface area contributed by atoms with Gasteiger partial charge in [-0.3, -0.25) is 9.59 Å². The van der Waals surface area contributed by atoms with Gasteiger partial charge in [0.25, 0.3) is 5.91 Å². The molecule has 4 rings (SSSR count). The first kappa shape index (κ1) is 16.9. The van der Waals surface area contributed by atoms with Crippen LogP contribution in [0.1, 0.15) is 65.7 Å². The quantitative estimate of drug-likeness (QED) is 0.861. The average molecular weight is 352 g/mol. The van der Waals surface area contributed by atoms with E-state index in [1.165, 1.54) is 0 Å². The van der Waals surface area contributed by atoms with Crippen LogP contribution in [0.2, 0.25) is 0 Å². The monoisotopic (exact) mass is 352 g/mol. The summed E-state index contributed by atoms with van der Waals surface area (Å²) in [5.74, 6) is 1.81. The summed E-state index contributed by atoms with van der Waals surface area (Å²) < 4.78 is 5.85. The molecule has 2 N–H and O–H groups in total. The summed E-state index contributed by atoms with van der Waals surface area (Å²) in [5.41, 5.74) is 3.63. The van der Waals surface area contributed by atoms with Crippen LogP contribution in [-0.4, -0.2) is 11.8 Å². The standard InChI is InChI=1S/C21H24N2O3/c1-12-8-15-17(10-21(2,3)11-18(15)26-12)23-20(25)14-4-6-16-13(9-14)5-7-19(24)22-16/h4,6,8-9,17H,5,7,10-11H2,1-3H3,(H,22,24)(H,23,25). The minimum atomic E-state index is -0.0859. The van der Waals surface area contributed by atoms with Crippen molar-refractivity contribution < 1.29 is 14.0 Å². The number of aryl methyl sites for hydroxylation is 2. The first-order chi connectivity index (χ1) is 12.3. The van der Waals surface area contributed by atoms with Gasteiger partial charge < -0.3 is 15.1 Å².